The normalized spacial score (nSPS) is 10.8. The van der Waals surface area contributed by atoms with E-state index in [-0.39, 0.29) is 23.5 Å². The Morgan fingerprint density at radius 3 is 2.80 bits per heavy atom. The maximum atomic E-state index is 12.3. The van der Waals surface area contributed by atoms with Gasteiger partial charge in [-0.25, -0.2) is 4.98 Å². The molecule has 0 radical (unpaired) electrons. The van der Waals surface area contributed by atoms with Crippen molar-refractivity contribution in [3.8, 4) is 0 Å². The third-order valence-corrected chi connectivity index (χ3v) is 3.05. The predicted octanol–water partition coefficient (Wildman–Crippen LogP) is 2.06. The molecule has 0 bridgehead atoms. The Bertz CT molecular complexity index is 867. The van der Waals surface area contributed by atoms with Crippen molar-refractivity contribution in [2.45, 2.75) is 6.42 Å². The van der Waals surface area contributed by atoms with Crippen molar-refractivity contribution < 1.29 is 13.9 Å². The first-order valence-corrected chi connectivity index (χ1v) is 6.07. The molecule has 0 aliphatic heterocycles. The van der Waals surface area contributed by atoms with E-state index in [0.717, 1.165) is 0 Å². The van der Waals surface area contributed by atoms with Gasteiger partial charge in [0.15, 0.2) is 0 Å². The van der Waals surface area contributed by atoms with Gasteiger partial charge < -0.3 is 9.15 Å². The molecule has 0 N–H and O–H groups in total. The van der Waals surface area contributed by atoms with Gasteiger partial charge in [0.25, 0.3) is 0 Å². The zero-order valence-electron chi connectivity index (χ0n) is 10.8. The summed E-state index contributed by atoms with van der Waals surface area (Å²) in [4.78, 5) is 27.7. The fourth-order valence-electron chi connectivity index (χ4n) is 2.04. The molecule has 0 unspecified atom stereocenters. The number of carbonyl (C=O) groups excluding carboxylic acids is 1. The minimum absolute atomic E-state index is 0.0446. The number of aromatic nitrogens is 1. The SMILES string of the molecule is COC(=O)Cc1ccc2c(=O)c3ccccc3oc2n1. The average molecular weight is 269 g/mol. The topological polar surface area (TPSA) is 69.4 Å². The maximum Gasteiger partial charge on any atom is 0.311 e. The molecule has 0 saturated carbocycles. The lowest BCUT2D eigenvalue weighted by Gasteiger charge is -2.03. The van der Waals surface area contributed by atoms with Crippen molar-refractivity contribution >= 4 is 28.0 Å². The van der Waals surface area contributed by atoms with Gasteiger partial charge in [0.2, 0.25) is 11.1 Å². The highest BCUT2D eigenvalue weighted by molar-refractivity contribution is 5.88. The van der Waals surface area contributed by atoms with E-state index in [1.807, 2.05) is 0 Å². The van der Waals surface area contributed by atoms with E-state index in [4.69, 9.17) is 4.42 Å². The number of nitrogens with zero attached hydrogens (tertiary/aromatic N) is 1. The van der Waals surface area contributed by atoms with Gasteiger partial charge in [0, 0.05) is 0 Å². The van der Waals surface area contributed by atoms with Crippen LogP contribution in [0, 0.1) is 0 Å². The van der Waals surface area contributed by atoms with Crippen LogP contribution in [0.2, 0.25) is 0 Å². The fraction of sp³-hybridized carbons (Fsp3) is 0.133. The van der Waals surface area contributed by atoms with Gasteiger partial charge in [-0.2, -0.15) is 0 Å². The average Bonchev–Trinajstić information content (AvgIpc) is 2.47. The van der Waals surface area contributed by atoms with Gasteiger partial charge in [-0.3, -0.25) is 9.59 Å². The van der Waals surface area contributed by atoms with Crippen LogP contribution in [0.1, 0.15) is 5.69 Å². The van der Waals surface area contributed by atoms with E-state index in [9.17, 15) is 9.59 Å². The van der Waals surface area contributed by atoms with Crippen LogP contribution >= 0.6 is 0 Å². The summed E-state index contributed by atoms with van der Waals surface area (Å²) in [7, 11) is 1.32. The van der Waals surface area contributed by atoms with Crippen LogP contribution in [0.15, 0.2) is 45.6 Å². The maximum absolute atomic E-state index is 12.3. The largest absolute Gasteiger partial charge is 0.469 e. The van der Waals surface area contributed by atoms with E-state index in [1.165, 1.54) is 7.11 Å². The Balaban J connectivity index is 2.22. The number of rotatable bonds is 2. The summed E-state index contributed by atoms with van der Waals surface area (Å²) in [5.74, 6) is -0.389. The van der Waals surface area contributed by atoms with Crippen LogP contribution in [0.4, 0.5) is 0 Å². The molecule has 2 heterocycles. The number of hydrogen-bond donors (Lipinski definition) is 0. The lowest BCUT2D eigenvalue weighted by atomic mass is 10.1. The van der Waals surface area contributed by atoms with Crippen molar-refractivity contribution in [2.24, 2.45) is 0 Å². The summed E-state index contributed by atoms with van der Waals surface area (Å²) in [5.41, 5.74) is 1.09. The lowest BCUT2D eigenvalue weighted by Crippen LogP contribution is -2.08. The second-order valence-electron chi connectivity index (χ2n) is 4.34. The molecule has 0 saturated heterocycles. The number of benzene rings is 1. The molecule has 20 heavy (non-hydrogen) atoms. The molecule has 0 aliphatic carbocycles. The number of para-hydroxylation sites is 1. The summed E-state index contributed by atoms with van der Waals surface area (Å²) in [6, 6.07) is 10.2. The fourth-order valence-corrected chi connectivity index (χ4v) is 2.04. The van der Waals surface area contributed by atoms with Gasteiger partial charge >= 0.3 is 5.97 Å². The van der Waals surface area contributed by atoms with E-state index in [2.05, 4.69) is 9.72 Å². The van der Waals surface area contributed by atoms with Crippen LogP contribution in [0.25, 0.3) is 22.1 Å². The second kappa shape index (κ2) is 4.77. The monoisotopic (exact) mass is 269 g/mol. The third kappa shape index (κ3) is 2.03. The Hall–Kier alpha value is -2.69. The van der Waals surface area contributed by atoms with Gasteiger partial charge in [0.1, 0.15) is 5.58 Å². The van der Waals surface area contributed by atoms with Crippen LogP contribution < -0.4 is 5.43 Å². The highest BCUT2D eigenvalue weighted by atomic mass is 16.5. The molecule has 0 amide bonds. The molecule has 3 rings (SSSR count). The molecule has 100 valence electrons. The Kier molecular flexibility index (Phi) is 2.95. The minimum Gasteiger partial charge on any atom is -0.469 e. The number of carbonyl (C=O) groups is 1. The van der Waals surface area contributed by atoms with Gasteiger partial charge in [0.05, 0.1) is 30.0 Å². The molecule has 0 aliphatic rings. The highest BCUT2D eigenvalue weighted by Gasteiger charge is 2.10. The highest BCUT2D eigenvalue weighted by Crippen LogP contribution is 2.17. The van der Waals surface area contributed by atoms with Crippen molar-refractivity contribution in [2.75, 3.05) is 7.11 Å². The molecule has 5 heteroatoms. The number of ether oxygens (including phenoxy) is 1. The van der Waals surface area contributed by atoms with Gasteiger partial charge in [-0.15, -0.1) is 0 Å². The van der Waals surface area contributed by atoms with Crippen molar-refractivity contribution in [1.29, 1.82) is 0 Å². The Morgan fingerprint density at radius 2 is 2.00 bits per heavy atom. The lowest BCUT2D eigenvalue weighted by molar-refractivity contribution is -0.139. The van der Waals surface area contributed by atoms with Gasteiger partial charge in [-0.05, 0) is 24.3 Å². The van der Waals surface area contributed by atoms with Crippen LogP contribution in [0.3, 0.4) is 0 Å². The molecule has 0 spiro atoms. The Morgan fingerprint density at radius 1 is 1.20 bits per heavy atom. The molecular formula is C15H11NO4. The molecule has 1 aromatic carbocycles. The molecule has 5 nitrogen and oxygen atoms in total. The first-order valence-electron chi connectivity index (χ1n) is 6.07. The molecule has 2 aromatic heterocycles. The number of fused-ring (bicyclic) bond motifs is 2. The van der Waals surface area contributed by atoms with Crippen LogP contribution in [-0.4, -0.2) is 18.1 Å². The summed E-state index contributed by atoms with van der Waals surface area (Å²) in [6.45, 7) is 0. The summed E-state index contributed by atoms with van der Waals surface area (Å²) in [6.07, 6.45) is 0.0446. The van der Waals surface area contributed by atoms with Crippen LogP contribution in [-0.2, 0) is 16.0 Å². The quantitative estimate of drug-likeness (QED) is 0.526. The van der Waals surface area contributed by atoms with Crippen molar-refractivity contribution in [3.63, 3.8) is 0 Å². The number of pyridine rings is 1. The van der Waals surface area contributed by atoms with Crippen molar-refractivity contribution in [1.82, 2.24) is 4.98 Å². The smallest absolute Gasteiger partial charge is 0.311 e. The predicted molar refractivity (Wildman–Crippen MR) is 73.5 cm³/mol. The number of hydrogen-bond acceptors (Lipinski definition) is 5. The molecule has 3 aromatic rings. The van der Waals surface area contributed by atoms with E-state index < -0.39 is 0 Å². The third-order valence-electron chi connectivity index (χ3n) is 3.05. The van der Waals surface area contributed by atoms with E-state index in [1.54, 1.807) is 36.4 Å². The van der Waals surface area contributed by atoms with E-state index >= 15 is 0 Å². The summed E-state index contributed by atoms with van der Waals surface area (Å²) >= 11 is 0. The second-order valence-corrected chi connectivity index (χ2v) is 4.34. The summed E-state index contributed by atoms with van der Waals surface area (Å²) < 4.78 is 10.2. The minimum atomic E-state index is -0.389. The number of methoxy groups -OCH3 is 1. The Labute approximate surface area is 113 Å². The molecule has 0 atom stereocenters. The number of esters is 1. The van der Waals surface area contributed by atoms with Gasteiger partial charge in [-0.1, -0.05) is 12.1 Å². The molecule has 0 fully saturated rings. The van der Waals surface area contributed by atoms with Crippen LogP contribution in [0.5, 0.6) is 0 Å². The standard InChI is InChI=1S/C15H11NO4/c1-19-13(17)8-9-6-7-11-14(18)10-4-2-3-5-12(10)20-15(11)16-9/h2-7H,8H2,1H3. The zero-order valence-corrected chi connectivity index (χ0v) is 10.8. The van der Waals surface area contributed by atoms with E-state index in [0.29, 0.717) is 22.0 Å². The first kappa shape index (κ1) is 12.3. The first-order chi connectivity index (χ1) is 9.69. The van der Waals surface area contributed by atoms with Crippen molar-refractivity contribution in [3.05, 3.63) is 52.3 Å². The zero-order chi connectivity index (χ0) is 14.1. The summed E-state index contributed by atoms with van der Waals surface area (Å²) in [5, 5.41) is 0.917. The molecular weight excluding hydrogens is 258 g/mol.